The molecule has 1 unspecified atom stereocenters. The SMILES string of the molecule is CC(C)CN(Cc1cc(CC2COC(C)(C)N2C(=O)O)ccc1O)S(=O)(=O)c1ccc(N)cc1. The van der Waals surface area contributed by atoms with E-state index < -0.39 is 27.9 Å². The van der Waals surface area contributed by atoms with E-state index in [2.05, 4.69) is 0 Å². The standard InChI is InChI=1S/C24H33N3O6S/c1-16(2)13-26(34(31,32)21-8-6-19(25)7-9-21)14-18-11-17(5-10-22(18)28)12-20-15-33-24(3,4)27(20)23(29)30/h5-11,16,20,28H,12-15,25H2,1-4H3,(H,29,30). The Morgan fingerprint density at radius 2 is 1.88 bits per heavy atom. The summed E-state index contributed by atoms with van der Waals surface area (Å²) < 4.78 is 33.7. The fourth-order valence-electron chi connectivity index (χ4n) is 4.22. The molecule has 0 saturated carbocycles. The molecular formula is C24H33N3O6S. The zero-order valence-electron chi connectivity index (χ0n) is 19.9. The molecule has 1 aliphatic rings. The Bertz CT molecular complexity index is 1130. The average molecular weight is 492 g/mol. The van der Waals surface area contributed by atoms with Gasteiger partial charge in [-0.3, -0.25) is 4.90 Å². The third-order valence-electron chi connectivity index (χ3n) is 5.83. The van der Waals surface area contributed by atoms with Gasteiger partial charge in [0.2, 0.25) is 10.0 Å². The second-order valence-electron chi connectivity index (χ2n) is 9.49. The molecule has 186 valence electrons. The van der Waals surface area contributed by atoms with Crippen LogP contribution in [0.2, 0.25) is 0 Å². The van der Waals surface area contributed by atoms with E-state index >= 15 is 0 Å². The lowest BCUT2D eigenvalue weighted by Crippen LogP contribution is -2.47. The second kappa shape index (κ2) is 9.81. The number of carboxylic acid groups (broad SMARTS) is 1. The molecule has 0 aliphatic carbocycles. The molecule has 2 aromatic carbocycles. The molecular weight excluding hydrogens is 458 g/mol. The molecule has 2 aromatic rings. The molecule has 1 aliphatic heterocycles. The van der Waals surface area contributed by atoms with E-state index in [4.69, 9.17) is 10.5 Å². The van der Waals surface area contributed by atoms with Gasteiger partial charge in [-0.2, -0.15) is 4.31 Å². The minimum atomic E-state index is -3.84. The summed E-state index contributed by atoms with van der Waals surface area (Å²) in [6, 6.07) is 10.6. The summed E-state index contributed by atoms with van der Waals surface area (Å²) >= 11 is 0. The van der Waals surface area contributed by atoms with E-state index in [1.807, 2.05) is 13.8 Å². The zero-order chi connectivity index (χ0) is 25.3. The summed E-state index contributed by atoms with van der Waals surface area (Å²) in [5, 5.41) is 20.1. The predicted molar refractivity (Wildman–Crippen MR) is 129 cm³/mol. The van der Waals surface area contributed by atoms with Gasteiger partial charge >= 0.3 is 6.09 Å². The number of phenolic OH excluding ortho intramolecular Hbond substituents is 1. The van der Waals surface area contributed by atoms with Crippen molar-refractivity contribution in [3.8, 4) is 5.75 Å². The van der Waals surface area contributed by atoms with Crippen molar-refractivity contribution in [3.63, 3.8) is 0 Å². The fraction of sp³-hybridized carbons (Fsp3) is 0.458. The van der Waals surface area contributed by atoms with Gasteiger partial charge in [-0.05, 0) is 62.1 Å². The number of ether oxygens (including phenoxy) is 1. The molecule has 0 aromatic heterocycles. The monoisotopic (exact) mass is 491 g/mol. The lowest BCUT2D eigenvalue weighted by molar-refractivity contribution is -0.0419. The highest BCUT2D eigenvalue weighted by atomic mass is 32.2. The van der Waals surface area contributed by atoms with Gasteiger partial charge < -0.3 is 20.7 Å². The number of nitrogens with zero attached hydrogens (tertiary/aromatic N) is 2. The highest BCUT2D eigenvalue weighted by Gasteiger charge is 2.43. The molecule has 1 fully saturated rings. The van der Waals surface area contributed by atoms with Crippen molar-refractivity contribution in [2.24, 2.45) is 5.92 Å². The van der Waals surface area contributed by atoms with Crippen LogP contribution in [0.15, 0.2) is 47.4 Å². The quantitative estimate of drug-likeness (QED) is 0.481. The molecule has 1 amide bonds. The number of aromatic hydroxyl groups is 1. The molecule has 0 spiro atoms. The van der Waals surface area contributed by atoms with Crippen molar-refractivity contribution in [3.05, 3.63) is 53.6 Å². The summed E-state index contributed by atoms with van der Waals surface area (Å²) in [4.78, 5) is 13.2. The van der Waals surface area contributed by atoms with Gasteiger partial charge in [-0.1, -0.05) is 26.0 Å². The number of carbonyl (C=O) groups is 1. The van der Waals surface area contributed by atoms with Crippen molar-refractivity contribution in [2.75, 3.05) is 18.9 Å². The van der Waals surface area contributed by atoms with E-state index in [9.17, 15) is 23.4 Å². The molecule has 1 atom stereocenters. The number of rotatable bonds is 8. The van der Waals surface area contributed by atoms with Crippen molar-refractivity contribution < 1.29 is 28.2 Å². The third kappa shape index (κ3) is 5.63. The molecule has 0 bridgehead atoms. The molecule has 1 heterocycles. The van der Waals surface area contributed by atoms with Crippen LogP contribution in [0.4, 0.5) is 10.5 Å². The molecule has 1 saturated heterocycles. The van der Waals surface area contributed by atoms with Crippen LogP contribution in [0, 0.1) is 5.92 Å². The Morgan fingerprint density at radius 1 is 1.24 bits per heavy atom. The minimum Gasteiger partial charge on any atom is -0.508 e. The second-order valence-corrected chi connectivity index (χ2v) is 11.4. The van der Waals surface area contributed by atoms with E-state index in [0.717, 1.165) is 5.56 Å². The smallest absolute Gasteiger partial charge is 0.409 e. The lowest BCUT2D eigenvalue weighted by Gasteiger charge is -2.31. The predicted octanol–water partition coefficient (Wildman–Crippen LogP) is 3.48. The first kappa shape index (κ1) is 25.8. The van der Waals surface area contributed by atoms with E-state index in [1.54, 1.807) is 26.0 Å². The van der Waals surface area contributed by atoms with Crippen LogP contribution in [0.25, 0.3) is 0 Å². The summed E-state index contributed by atoms with van der Waals surface area (Å²) in [5.41, 5.74) is 6.46. The highest BCUT2D eigenvalue weighted by Crippen LogP contribution is 2.31. The Kier molecular flexibility index (Phi) is 7.44. The van der Waals surface area contributed by atoms with Gasteiger partial charge in [-0.25, -0.2) is 13.2 Å². The minimum absolute atomic E-state index is 0.0249. The topological polar surface area (TPSA) is 133 Å². The number of hydrogen-bond acceptors (Lipinski definition) is 6. The average Bonchev–Trinajstić information content (AvgIpc) is 3.03. The van der Waals surface area contributed by atoms with Crippen molar-refractivity contribution in [1.29, 1.82) is 0 Å². The van der Waals surface area contributed by atoms with Crippen molar-refractivity contribution in [1.82, 2.24) is 9.21 Å². The summed E-state index contributed by atoms with van der Waals surface area (Å²) in [5.74, 6) is 0.0268. The van der Waals surface area contributed by atoms with Crippen molar-refractivity contribution >= 4 is 21.8 Å². The van der Waals surface area contributed by atoms with Crippen LogP contribution in [0.1, 0.15) is 38.8 Å². The van der Waals surface area contributed by atoms with Crippen LogP contribution in [-0.4, -0.2) is 58.8 Å². The van der Waals surface area contributed by atoms with Gasteiger partial charge in [0.1, 0.15) is 11.5 Å². The van der Waals surface area contributed by atoms with Gasteiger partial charge in [0.05, 0.1) is 17.5 Å². The van der Waals surface area contributed by atoms with Crippen LogP contribution in [0.5, 0.6) is 5.75 Å². The number of sulfonamides is 1. The van der Waals surface area contributed by atoms with Crippen LogP contribution in [-0.2, 0) is 27.7 Å². The van der Waals surface area contributed by atoms with Crippen LogP contribution in [0.3, 0.4) is 0 Å². The number of nitrogens with two attached hydrogens (primary N) is 1. The number of nitrogen functional groups attached to an aromatic ring is 1. The van der Waals surface area contributed by atoms with Gasteiger partial charge in [-0.15, -0.1) is 0 Å². The van der Waals surface area contributed by atoms with Gasteiger partial charge in [0.25, 0.3) is 0 Å². The number of anilines is 1. The number of phenols is 1. The molecule has 0 radical (unpaired) electrons. The molecule has 9 nitrogen and oxygen atoms in total. The first-order valence-corrected chi connectivity index (χ1v) is 12.6. The first-order valence-electron chi connectivity index (χ1n) is 11.1. The lowest BCUT2D eigenvalue weighted by atomic mass is 10.0. The summed E-state index contributed by atoms with van der Waals surface area (Å²) in [7, 11) is -3.84. The number of hydrogen-bond donors (Lipinski definition) is 3. The Hall–Kier alpha value is -2.82. The molecule has 10 heteroatoms. The van der Waals surface area contributed by atoms with E-state index in [-0.39, 0.29) is 36.3 Å². The first-order chi connectivity index (χ1) is 15.8. The van der Waals surface area contributed by atoms with Gasteiger partial charge in [0.15, 0.2) is 0 Å². The largest absolute Gasteiger partial charge is 0.508 e. The Morgan fingerprint density at radius 3 is 2.47 bits per heavy atom. The Balaban J connectivity index is 1.88. The Labute approximate surface area is 200 Å². The van der Waals surface area contributed by atoms with E-state index in [0.29, 0.717) is 17.7 Å². The van der Waals surface area contributed by atoms with Gasteiger partial charge in [0, 0.05) is 24.3 Å². The number of benzene rings is 2. The maximum absolute atomic E-state index is 13.4. The molecule has 4 N–H and O–H groups in total. The van der Waals surface area contributed by atoms with Crippen molar-refractivity contribution in [2.45, 2.75) is 57.3 Å². The molecule has 3 rings (SSSR count). The summed E-state index contributed by atoms with van der Waals surface area (Å²) in [6.07, 6.45) is -0.693. The van der Waals surface area contributed by atoms with Crippen LogP contribution < -0.4 is 5.73 Å². The molecule has 34 heavy (non-hydrogen) atoms. The third-order valence-corrected chi connectivity index (χ3v) is 7.65. The fourth-order valence-corrected chi connectivity index (χ4v) is 5.80. The zero-order valence-corrected chi connectivity index (χ0v) is 20.7. The maximum atomic E-state index is 13.4. The maximum Gasteiger partial charge on any atom is 0.409 e. The summed E-state index contributed by atoms with van der Waals surface area (Å²) in [6.45, 7) is 7.73. The van der Waals surface area contributed by atoms with E-state index in [1.165, 1.54) is 39.5 Å². The normalized spacial score (nSPS) is 18.1. The number of amides is 1. The van der Waals surface area contributed by atoms with Crippen LogP contribution >= 0.6 is 0 Å². The highest BCUT2D eigenvalue weighted by molar-refractivity contribution is 7.89.